The number of aryl methyl sites for hydroxylation is 1. The number of rotatable bonds is 8. The Morgan fingerprint density at radius 3 is 2.21 bits per heavy atom. The van der Waals surface area contributed by atoms with Gasteiger partial charge in [-0.05, 0) is 64.0 Å². The van der Waals surface area contributed by atoms with E-state index in [1.807, 2.05) is 45.1 Å². The summed E-state index contributed by atoms with van der Waals surface area (Å²) < 4.78 is 28.5. The van der Waals surface area contributed by atoms with Gasteiger partial charge in [-0.2, -0.15) is 5.26 Å². The fourth-order valence-electron chi connectivity index (χ4n) is 4.47. The van der Waals surface area contributed by atoms with Crippen LogP contribution in [0.1, 0.15) is 81.7 Å². The van der Waals surface area contributed by atoms with Gasteiger partial charge in [-0.25, -0.2) is 13.8 Å². The molecule has 0 atom stereocenters. The van der Waals surface area contributed by atoms with Crippen molar-refractivity contribution < 1.29 is 13.6 Å². The highest BCUT2D eigenvalue weighted by Gasteiger charge is 2.41. The van der Waals surface area contributed by atoms with Gasteiger partial charge in [-0.15, -0.1) is 0 Å². The highest BCUT2D eigenvalue weighted by atomic mass is 32.1. The maximum atomic E-state index is 14.3. The molecule has 3 rings (SSSR count). The standard InChI is InChI=1S/C27H31F2N3OS.C3H9N/c1-4-5-8-19-9-11-20(12-10-19)15-24(34)32(25(33)26(2)13-6-7-14-26)21-16-22(27(3,28)29)23(17-30)31-18-21;1-4(2)3/h9-12,16,18H,4-8,13-15H2,1-3H3;1-3H3. The van der Waals surface area contributed by atoms with E-state index in [0.29, 0.717) is 11.4 Å². The molecule has 1 aliphatic carbocycles. The van der Waals surface area contributed by atoms with Crippen LogP contribution in [-0.2, 0) is 23.6 Å². The first-order chi connectivity index (χ1) is 17.8. The minimum Gasteiger partial charge on any atom is -0.312 e. The lowest BCUT2D eigenvalue weighted by Gasteiger charge is -2.32. The maximum absolute atomic E-state index is 14.3. The summed E-state index contributed by atoms with van der Waals surface area (Å²) in [4.78, 5) is 21.4. The number of nitrogens with zero attached hydrogens (tertiary/aromatic N) is 4. The topological polar surface area (TPSA) is 60.2 Å². The van der Waals surface area contributed by atoms with Crippen molar-refractivity contribution in [3.63, 3.8) is 0 Å². The van der Waals surface area contributed by atoms with Crippen molar-refractivity contribution in [3.8, 4) is 6.07 Å². The predicted molar refractivity (Wildman–Crippen MR) is 154 cm³/mol. The lowest BCUT2D eigenvalue weighted by atomic mass is 9.86. The van der Waals surface area contributed by atoms with Crippen molar-refractivity contribution in [1.82, 2.24) is 9.88 Å². The largest absolute Gasteiger partial charge is 0.312 e. The molecule has 5 nitrogen and oxygen atoms in total. The van der Waals surface area contributed by atoms with Gasteiger partial charge in [0.15, 0.2) is 0 Å². The molecule has 1 aliphatic rings. The molecule has 0 unspecified atom stereocenters. The minimum absolute atomic E-state index is 0.179. The van der Waals surface area contributed by atoms with Gasteiger partial charge in [-0.1, -0.05) is 69.6 Å². The number of alkyl halides is 2. The molecule has 1 heterocycles. The van der Waals surface area contributed by atoms with E-state index >= 15 is 0 Å². The van der Waals surface area contributed by atoms with Crippen LogP contribution in [0.4, 0.5) is 14.5 Å². The quantitative estimate of drug-likeness (QED) is 0.334. The number of unbranched alkanes of at least 4 members (excludes halogenated alkanes) is 1. The molecule has 1 aromatic carbocycles. The molecule has 0 aliphatic heterocycles. The second kappa shape index (κ2) is 13.9. The Hall–Kier alpha value is -2.76. The SMILES string of the molecule is CCCCc1ccc(CC(=S)N(C(=O)C2(C)CCCC2)c2cnc(C#N)c(C(C)(F)F)c2)cc1.CN(C)C. The number of pyridine rings is 1. The van der Waals surface area contributed by atoms with E-state index in [1.54, 1.807) is 6.07 Å². The van der Waals surface area contributed by atoms with Crippen LogP contribution in [0.15, 0.2) is 36.5 Å². The molecule has 1 aromatic heterocycles. The smallest absolute Gasteiger partial charge is 0.273 e. The zero-order chi connectivity index (χ0) is 28.5. The van der Waals surface area contributed by atoms with Crippen molar-refractivity contribution in [1.29, 1.82) is 5.26 Å². The number of benzene rings is 1. The number of nitriles is 1. The van der Waals surface area contributed by atoms with E-state index in [9.17, 15) is 18.8 Å². The van der Waals surface area contributed by atoms with E-state index in [2.05, 4.69) is 24.0 Å². The summed E-state index contributed by atoms with van der Waals surface area (Å²) in [6.07, 6.45) is 8.18. The number of carbonyl (C=O) groups excluding carboxylic acids is 1. The van der Waals surface area contributed by atoms with Gasteiger partial charge < -0.3 is 4.90 Å². The second-order valence-electron chi connectivity index (χ2n) is 10.8. The van der Waals surface area contributed by atoms with Crippen LogP contribution in [0, 0.1) is 16.7 Å². The number of hydrogen-bond donors (Lipinski definition) is 0. The lowest BCUT2D eigenvalue weighted by molar-refractivity contribution is -0.126. The van der Waals surface area contributed by atoms with Crippen LogP contribution < -0.4 is 4.90 Å². The zero-order valence-electron chi connectivity index (χ0n) is 23.5. The van der Waals surface area contributed by atoms with Crippen molar-refractivity contribution in [2.45, 2.75) is 78.1 Å². The van der Waals surface area contributed by atoms with Crippen molar-refractivity contribution >= 4 is 28.8 Å². The van der Waals surface area contributed by atoms with E-state index in [1.165, 1.54) is 22.7 Å². The Kier molecular flexibility index (Phi) is 11.5. The van der Waals surface area contributed by atoms with Crippen LogP contribution in [0.5, 0.6) is 0 Å². The monoisotopic (exact) mass is 542 g/mol. The Balaban J connectivity index is 0.00000118. The fourth-order valence-corrected chi connectivity index (χ4v) is 4.83. The third kappa shape index (κ3) is 8.64. The second-order valence-corrected chi connectivity index (χ2v) is 11.3. The molecule has 1 fully saturated rings. The number of halogens is 2. The lowest BCUT2D eigenvalue weighted by Crippen LogP contribution is -2.45. The molecule has 0 bridgehead atoms. The van der Waals surface area contributed by atoms with E-state index in [-0.39, 0.29) is 17.3 Å². The average Bonchev–Trinajstić information content (AvgIpc) is 3.30. The first-order valence-electron chi connectivity index (χ1n) is 13.2. The molecule has 1 amide bonds. The summed E-state index contributed by atoms with van der Waals surface area (Å²) in [5.41, 5.74) is 0.889. The van der Waals surface area contributed by atoms with Crippen LogP contribution in [-0.4, -0.2) is 41.9 Å². The van der Waals surface area contributed by atoms with Crippen LogP contribution in [0.25, 0.3) is 0 Å². The molecule has 0 radical (unpaired) electrons. The maximum Gasteiger partial charge on any atom is 0.273 e. The highest BCUT2D eigenvalue weighted by molar-refractivity contribution is 7.80. The fraction of sp³-hybridized carbons (Fsp3) is 0.533. The number of thiocarbonyl (C=S) groups is 1. The molecule has 8 heteroatoms. The molecule has 0 saturated heterocycles. The van der Waals surface area contributed by atoms with Gasteiger partial charge in [0.25, 0.3) is 5.92 Å². The van der Waals surface area contributed by atoms with Gasteiger partial charge in [0.05, 0.1) is 22.4 Å². The van der Waals surface area contributed by atoms with Crippen molar-refractivity contribution in [3.05, 3.63) is 58.9 Å². The number of anilines is 1. The minimum atomic E-state index is -3.28. The summed E-state index contributed by atoms with van der Waals surface area (Å²) in [5, 5.41) is 9.26. The van der Waals surface area contributed by atoms with Crippen molar-refractivity contribution in [2.75, 3.05) is 26.0 Å². The highest BCUT2D eigenvalue weighted by Crippen LogP contribution is 2.41. The van der Waals surface area contributed by atoms with E-state index in [4.69, 9.17) is 12.2 Å². The van der Waals surface area contributed by atoms with Gasteiger partial charge >= 0.3 is 0 Å². The summed E-state index contributed by atoms with van der Waals surface area (Å²) >= 11 is 5.73. The van der Waals surface area contributed by atoms with Gasteiger partial charge in [0.2, 0.25) is 5.91 Å². The molecular formula is C30H40F2N4OS. The van der Waals surface area contributed by atoms with Gasteiger partial charge in [-0.3, -0.25) is 9.69 Å². The summed E-state index contributed by atoms with van der Waals surface area (Å²) in [7, 11) is 6.00. The molecule has 1 saturated carbocycles. The van der Waals surface area contributed by atoms with E-state index in [0.717, 1.165) is 57.4 Å². The Morgan fingerprint density at radius 1 is 1.16 bits per heavy atom. The van der Waals surface area contributed by atoms with Crippen LogP contribution in [0.3, 0.4) is 0 Å². The molecular weight excluding hydrogens is 502 g/mol. The first-order valence-corrected chi connectivity index (χ1v) is 13.6. The first kappa shape index (κ1) is 31.5. The molecule has 2 aromatic rings. The summed E-state index contributed by atoms with van der Waals surface area (Å²) in [6, 6.07) is 11.0. The summed E-state index contributed by atoms with van der Waals surface area (Å²) in [6.45, 7) is 4.78. The van der Waals surface area contributed by atoms with E-state index < -0.39 is 16.9 Å². The van der Waals surface area contributed by atoms with Crippen molar-refractivity contribution in [2.24, 2.45) is 5.41 Å². The predicted octanol–water partition coefficient (Wildman–Crippen LogP) is 7.07. The normalized spacial score (nSPS) is 14.4. The third-order valence-electron chi connectivity index (χ3n) is 6.58. The third-order valence-corrected chi connectivity index (χ3v) is 6.91. The number of amides is 1. The Labute approximate surface area is 231 Å². The number of hydrogen-bond acceptors (Lipinski definition) is 5. The van der Waals surface area contributed by atoms with Crippen LogP contribution in [0.2, 0.25) is 0 Å². The van der Waals surface area contributed by atoms with Gasteiger partial charge in [0.1, 0.15) is 11.8 Å². The van der Waals surface area contributed by atoms with Crippen LogP contribution >= 0.6 is 12.2 Å². The number of aromatic nitrogens is 1. The number of carbonyl (C=O) groups is 1. The Morgan fingerprint density at radius 2 is 1.71 bits per heavy atom. The molecule has 206 valence electrons. The molecule has 38 heavy (non-hydrogen) atoms. The zero-order valence-corrected chi connectivity index (χ0v) is 24.3. The Bertz CT molecular complexity index is 1130. The summed E-state index contributed by atoms with van der Waals surface area (Å²) in [5.74, 6) is -3.48. The molecule has 0 spiro atoms. The average molecular weight is 543 g/mol. The van der Waals surface area contributed by atoms with Gasteiger partial charge in [0, 0.05) is 18.8 Å². The molecule has 0 N–H and O–H groups in total.